The molecule has 0 saturated heterocycles. The van der Waals surface area contributed by atoms with Gasteiger partial charge in [0.2, 0.25) is 0 Å². The molecule has 6 nitrogen and oxygen atoms in total. The second kappa shape index (κ2) is 9.44. The van der Waals surface area contributed by atoms with Crippen LogP contribution in [0.1, 0.15) is 21.5 Å². The smallest absolute Gasteiger partial charge is 0.329 e. The summed E-state index contributed by atoms with van der Waals surface area (Å²) in [6, 6.07) is 14.9. The van der Waals surface area contributed by atoms with Crippen LogP contribution in [0, 0.1) is 6.92 Å². The van der Waals surface area contributed by atoms with E-state index in [0.29, 0.717) is 17.9 Å². The Hall–Kier alpha value is -2.86. The number of hydrogen-bond donors (Lipinski definition) is 2. The molecule has 0 heterocycles. The summed E-state index contributed by atoms with van der Waals surface area (Å²) in [7, 11) is 0. The van der Waals surface area contributed by atoms with Crippen molar-refractivity contribution in [3.05, 3.63) is 65.2 Å². The lowest BCUT2D eigenvalue weighted by Gasteiger charge is -2.09. The van der Waals surface area contributed by atoms with Crippen LogP contribution in [0.5, 0.6) is 5.75 Å². The first kappa shape index (κ1) is 18.5. The minimum atomic E-state index is -1.04. The van der Waals surface area contributed by atoms with Crippen molar-refractivity contribution in [2.45, 2.75) is 13.5 Å². The first-order valence-electron chi connectivity index (χ1n) is 7.91. The van der Waals surface area contributed by atoms with Gasteiger partial charge in [0.25, 0.3) is 5.91 Å². The molecule has 2 N–H and O–H groups in total. The highest BCUT2D eigenvalue weighted by Crippen LogP contribution is 2.15. The predicted molar refractivity (Wildman–Crippen MR) is 92.7 cm³/mol. The standard InChI is InChI=1S/C19H21NO5/c1-14-4-2-5-15(10-14)12-25-17-7-3-6-16(11-17)19(23)20-8-9-24-13-18(21)22/h2-7,10-11H,8-9,12-13H2,1H3,(H,20,23)(H,21,22). The highest BCUT2D eigenvalue weighted by Gasteiger charge is 2.07. The van der Waals surface area contributed by atoms with Gasteiger partial charge in [-0.15, -0.1) is 0 Å². The van der Waals surface area contributed by atoms with Gasteiger partial charge in [-0.3, -0.25) is 4.79 Å². The number of carboxylic acids is 1. The number of aryl methyl sites for hydroxylation is 1. The van der Waals surface area contributed by atoms with Gasteiger partial charge >= 0.3 is 5.97 Å². The fourth-order valence-electron chi connectivity index (χ4n) is 2.19. The molecule has 0 aliphatic carbocycles. The molecule has 132 valence electrons. The van der Waals surface area contributed by atoms with Gasteiger partial charge in [-0.1, -0.05) is 35.9 Å². The van der Waals surface area contributed by atoms with E-state index in [4.69, 9.17) is 14.6 Å². The van der Waals surface area contributed by atoms with Gasteiger partial charge in [0.1, 0.15) is 19.0 Å². The third kappa shape index (κ3) is 6.64. The first-order valence-corrected chi connectivity index (χ1v) is 7.91. The van der Waals surface area contributed by atoms with Crippen molar-refractivity contribution in [3.63, 3.8) is 0 Å². The number of carbonyl (C=O) groups excluding carboxylic acids is 1. The van der Waals surface area contributed by atoms with E-state index in [1.54, 1.807) is 24.3 Å². The fraction of sp³-hybridized carbons (Fsp3) is 0.263. The maximum atomic E-state index is 12.1. The van der Waals surface area contributed by atoms with Gasteiger partial charge in [-0.25, -0.2) is 4.79 Å². The van der Waals surface area contributed by atoms with Crippen molar-refractivity contribution < 1.29 is 24.2 Å². The van der Waals surface area contributed by atoms with Crippen molar-refractivity contribution in [2.75, 3.05) is 19.8 Å². The Kier molecular flexibility index (Phi) is 6.98. The number of carboxylic acid groups (broad SMARTS) is 1. The van der Waals surface area contributed by atoms with Crippen molar-refractivity contribution in [1.29, 1.82) is 0 Å². The number of hydrogen-bond acceptors (Lipinski definition) is 4. The Bertz CT molecular complexity index is 729. The fourth-order valence-corrected chi connectivity index (χ4v) is 2.19. The number of amides is 1. The molecule has 0 radical (unpaired) electrons. The zero-order valence-corrected chi connectivity index (χ0v) is 14.0. The molecular weight excluding hydrogens is 322 g/mol. The van der Waals surface area contributed by atoms with Crippen molar-refractivity contribution in [3.8, 4) is 5.75 Å². The van der Waals surface area contributed by atoms with Gasteiger partial charge in [-0.2, -0.15) is 0 Å². The van der Waals surface area contributed by atoms with Gasteiger partial charge in [0.15, 0.2) is 0 Å². The summed E-state index contributed by atoms with van der Waals surface area (Å²) in [6.07, 6.45) is 0. The summed E-state index contributed by atoms with van der Waals surface area (Å²) >= 11 is 0. The van der Waals surface area contributed by atoms with E-state index < -0.39 is 5.97 Å². The van der Waals surface area contributed by atoms with Crippen LogP contribution in [0.25, 0.3) is 0 Å². The van der Waals surface area contributed by atoms with Crippen LogP contribution in [0.2, 0.25) is 0 Å². The third-order valence-corrected chi connectivity index (χ3v) is 3.34. The van der Waals surface area contributed by atoms with Crippen molar-refractivity contribution in [2.24, 2.45) is 0 Å². The van der Waals surface area contributed by atoms with E-state index >= 15 is 0 Å². The van der Waals surface area contributed by atoms with Crippen LogP contribution < -0.4 is 10.1 Å². The van der Waals surface area contributed by atoms with Gasteiger partial charge < -0.3 is 19.9 Å². The van der Waals surface area contributed by atoms with E-state index in [1.807, 2.05) is 31.2 Å². The number of ether oxygens (including phenoxy) is 2. The molecule has 1 amide bonds. The van der Waals surface area contributed by atoms with Crippen LogP contribution in [-0.2, 0) is 16.1 Å². The molecule has 25 heavy (non-hydrogen) atoms. The molecule has 0 atom stereocenters. The minimum absolute atomic E-state index is 0.140. The highest BCUT2D eigenvalue weighted by atomic mass is 16.5. The topological polar surface area (TPSA) is 84.9 Å². The highest BCUT2D eigenvalue weighted by molar-refractivity contribution is 5.94. The second-order valence-electron chi connectivity index (χ2n) is 5.51. The lowest BCUT2D eigenvalue weighted by molar-refractivity contribution is -0.142. The largest absolute Gasteiger partial charge is 0.489 e. The molecule has 2 aromatic carbocycles. The number of benzene rings is 2. The Morgan fingerprint density at radius 3 is 2.68 bits per heavy atom. The molecule has 0 aromatic heterocycles. The van der Waals surface area contributed by atoms with E-state index in [-0.39, 0.29) is 25.7 Å². The lowest BCUT2D eigenvalue weighted by Crippen LogP contribution is -2.27. The zero-order chi connectivity index (χ0) is 18.1. The van der Waals surface area contributed by atoms with Crippen molar-refractivity contribution >= 4 is 11.9 Å². The number of carbonyl (C=O) groups is 2. The quantitative estimate of drug-likeness (QED) is 0.683. The number of rotatable bonds is 9. The summed E-state index contributed by atoms with van der Waals surface area (Å²) < 4.78 is 10.6. The van der Waals surface area contributed by atoms with Crippen LogP contribution in [0.4, 0.5) is 0 Å². The van der Waals surface area contributed by atoms with Gasteiger partial charge in [0.05, 0.1) is 6.61 Å². The Morgan fingerprint density at radius 2 is 1.92 bits per heavy atom. The Morgan fingerprint density at radius 1 is 1.12 bits per heavy atom. The molecule has 0 aliphatic rings. The summed E-state index contributed by atoms with van der Waals surface area (Å²) in [5.41, 5.74) is 2.70. The van der Waals surface area contributed by atoms with Gasteiger partial charge in [0, 0.05) is 12.1 Å². The Balaban J connectivity index is 1.83. The van der Waals surface area contributed by atoms with Crippen LogP contribution in [-0.4, -0.2) is 36.7 Å². The van der Waals surface area contributed by atoms with E-state index in [2.05, 4.69) is 5.32 Å². The molecule has 0 saturated carbocycles. The van der Waals surface area contributed by atoms with Crippen LogP contribution >= 0.6 is 0 Å². The van der Waals surface area contributed by atoms with Crippen LogP contribution in [0.15, 0.2) is 48.5 Å². The maximum absolute atomic E-state index is 12.1. The molecule has 0 bridgehead atoms. The molecular formula is C19H21NO5. The van der Waals surface area contributed by atoms with E-state index in [0.717, 1.165) is 5.56 Å². The average Bonchev–Trinajstić information content (AvgIpc) is 2.59. The summed E-state index contributed by atoms with van der Waals surface area (Å²) in [4.78, 5) is 22.4. The van der Waals surface area contributed by atoms with E-state index in [9.17, 15) is 9.59 Å². The summed E-state index contributed by atoms with van der Waals surface area (Å²) in [5, 5.41) is 11.1. The van der Waals surface area contributed by atoms with E-state index in [1.165, 1.54) is 5.56 Å². The molecule has 0 unspecified atom stereocenters. The number of aliphatic carboxylic acids is 1. The van der Waals surface area contributed by atoms with Gasteiger partial charge in [-0.05, 0) is 30.7 Å². The normalized spacial score (nSPS) is 10.3. The monoisotopic (exact) mass is 343 g/mol. The summed E-state index contributed by atoms with van der Waals surface area (Å²) in [6.45, 7) is 2.45. The predicted octanol–water partition coefficient (Wildman–Crippen LogP) is 2.41. The summed E-state index contributed by atoms with van der Waals surface area (Å²) in [5.74, 6) is -0.694. The molecule has 2 aromatic rings. The molecule has 0 spiro atoms. The zero-order valence-electron chi connectivity index (χ0n) is 14.0. The average molecular weight is 343 g/mol. The number of nitrogens with one attached hydrogen (secondary N) is 1. The van der Waals surface area contributed by atoms with Crippen molar-refractivity contribution in [1.82, 2.24) is 5.32 Å². The maximum Gasteiger partial charge on any atom is 0.329 e. The lowest BCUT2D eigenvalue weighted by atomic mass is 10.1. The molecule has 6 heteroatoms. The molecule has 2 rings (SSSR count). The second-order valence-corrected chi connectivity index (χ2v) is 5.51. The molecule has 0 aliphatic heterocycles. The Labute approximate surface area is 146 Å². The van der Waals surface area contributed by atoms with Crippen LogP contribution in [0.3, 0.4) is 0 Å². The SMILES string of the molecule is Cc1cccc(COc2cccc(C(=O)NCCOCC(=O)O)c2)c1. The first-order chi connectivity index (χ1) is 12.0. The minimum Gasteiger partial charge on any atom is -0.489 e. The molecule has 0 fully saturated rings. The third-order valence-electron chi connectivity index (χ3n) is 3.34.